The van der Waals surface area contributed by atoms with Crippen molar-refractivity contribution in [3.8, 4) is 11.6 Å². The van der Waals surface area contributed by atoms with Crippen LogP contribution in [0.15, 0.2) is 60.9 Å². The van der Waals surface area contributed by atoms with Gasteiger partial charge in [0.1, 0.15) is 17.7 Å². The van der Waals surface area contributed by atoms with Gasteiger partial charge in [0.2, 0.25) is 5.95 Å². The fourth-order valence-electron chi connectivity index (χ4n) is 7.25. The second-order valence-electron chi connectivity index (χ2n) is 14.5. The number of hydrogen-bond donors (Lipinski definition) is 3. The summed E-state index contributed by atoms with van der Waals surface area (Å²) in [6.45, 7) is 10.1. The maximum Gasteiger partial charge on any atom is 0.320 e. The third-order valence-electron chi connectivity index (χ3n) is 9.98. The number of urea groups is 1. The van der Waals surface area contributed by atoms with Crippen molar-refractivity contribution in [2.45, 2.75) is 96.5 Å². The average molecular weight is 726 g/mol. The molecule has 0 saturated carbocycles. The molecule has 15 heteroatoms. The summed E-state index contributed by atoms with van der Waals surface area (Å²) < 4.78 is 12.3. The lowest BCUT2D eigenvalue weighted by Gasteiger charge is -2.39. The van der Waals surface area contributed by atoms with Gasteiger partial charge in [0.25, 0.3) is 6.47 Å². The lowest BCUT2D eigenvalue weighted by Crippen LogP contribution is -2.44. The molecule has 1 aliphatic carbocycles. The van der Waals surface area contributed by atoms with E-state index in [0.29, 0.717) is 23.7 Å². The van der Waals surface area contributed by atoms with Crippen LogP contribution in [0.4, 0.5) is 16.6 Å². The third kappa shape index (κ3) is 8.46. The number of nitrogens with zero attached hydrogens (tertiary/aromatic N) is 9. The van der Waals surface area contributed by atoms with E-state index in [4.69, 9.17) is 24.8 Å². The van der Waals surface area contributed by atoms with Crippen LogP contribution in [0.1, 0.15) is 94.7 Å². The first-order valence-corrected chi connectivity index (χ1v) is 18.4. The minimum Gasteiger partial charge on any atom is -0.484 e. The van der Waals surface area contributed by atoms with Gasteiger partial charge in [0, 0.05) is 37.0 Å². The molecule has 3 N–H and O–H groups in total. The van der Waals surface area contributed by atoms with Crippen LogP contribution in [0, 0.1) is 0 Å². The highest BCUT2D eigenvalue weighted by Gasteiger charge is 2.31. The Bertz CT molecular complexity index is 1990. The summed E-state index contributed by atoms with van der Waals surface area (Å²) in [7, 11) is 4.08. The van der Waals surface area contributed by atoms with Gasteiger partial charge in [0.15, 0.2) is 11.5 Å². The number of amides is 2. The molecule has 15 nitrogen and oxygen atoms in total. The summed E-state index contributed by atoms with van der Waals surface area (Å²) in [5.41, 5.74) is 3.80. The fraction of sp³-hybridized carbons (Fsp3) is 0.474. The highest BCUT2D eigenvalue weighted by Crippen LogP contribution is 2.39. The lowest BCUT2D eigenvalue weighted by atomic mass is 9.85. The topological polar surface area (TPSA) is 160 Å². The molecule has 1 fully saturated rings. The molecule has 1 aromatic carbocycles. The smallest absolute Gasteiger partial charge is 0.320 e. The Kier molecular flexibility index (Phi) is 11.6. The van der Waals surface area contributed by atoms with Gasteiger partial charge in [-0.2, -0.15) is 14.9 Å². The zero-order valence-electron chi connectivity index (χ0n) is 31.4. The van der Waals surface area contributed by atoms with Gasteiger partial charge in [-0.25, -0.2) is 4.79 Å². The van der Waals surface area contributed by atoms with Crippen molar-refractivity contribution >= 4 is 29.9 Å². The fourth-order valence-corrected chi connectivity index (χ4v) is 7.25. The Morgan fingerprint density at radius 1 is 1.02 bits per heavy atom. The molecule has 4 aromatic heterocycles. The molecule has 1 aliphatic heterocycles. The Morgan fingerprint density at radius 3 is 2.47 bits per heavy atom. The van der Waals surface area contributed by atoms with Crippen molar-refractivity contribution in [1.82, 2.24) is 44.4 Å². The molecular formula is C38H51N11O4. The molecule has 0 radical (unpaired) electrons. The van der Waals surface area contributed by atoms with E-state index in [1.807, 2.05) is 67.6 Å². The van der Waals surface area contributed by atoms with Crippen molar-refractivity contribution in [3.63, 3.8) is 0 Å². The van der Waals surface area contributed by atoms with E-state index in [2.05, 4.69) is 74.9 Å². The normalized spacial score (nSPS) is 19.8. The second kappa shape index (κ2) is 16.5. The lowest BCUT2D eigenvalue weighted by molar-refractivity contribution is -0.122. The molecular weight excluding hydrogens is 674 g/mol. The van der Waals surface area contributed by atoms with Crippen LogP contribution in [0.25, 0.3) is 11.5 Å². The molecule has 5 aromatic rings. The van der Waals surface area contributed by atoms with Crippen LogP contribution < -0.4 is 20.3 Å². The number of carbonyl (C=O) groups excluding carboxylic acids is 1. The van der Waals surface area contributed by atoms with Crippen LogP contribution in [0.3, 0.4) is 0 Å². The second-order valence-corrected chi connectivity index (χ2v) is 14.5. The van der Waals surface area contributed by atoms with Gasteiger partial charge < -0.3 is 25.0 Å². The first-order chi connectivity index (χ1) is 25.6. The summed E-state index contributed by atoms with van der Waals surface area (Å²) >= 11 is 0. The summed E-state index contributed by atoms with van der Waals surface area (Å²) in [5, 5.41) is 31.7. The van der Waals surface area contributed by atoms with E-state index in [0.717, 1.165) is 72.9 Å². The van der Waals surface area contributed by atoms with E-state index in [1.54, 1.807) is 4.68 Å². The van der Waals surface area contributed by atoms with Crippen molar-refractivity contribution in [2.24, 2.45) is 0 Å². The zero-order valence-corrected chi connectivity index (χ0v) is 31.4. The van der Waals surface area contributed by atoms with Gasteiger partial charge >= 0.3 is 6.03 Å². The van der Waals surface area contributed by atoms with Crippen molar-refractivity contribution in [3.05, 3.63) is 77.7 Å². The van der Waals surface area contributed by atoms with E-state index < -0.39 is 0 Å². The van der Waals surface area contributed by atoms with Gasteiger partial charge in [0.05, 0.1) is 24.5 Å². The number of fused-ring (bicyclic) bond motifs is 2. The zero-order chi connectivity index (χ0) is 37.6. The summed E-state index contributed by atoms with van der Waals surface area (Å²) in [6.07, 6.45) is 8.79. The number of rotatable bonds is 10. The van der Waals surface area contributed by atoms with Crippen LogP contribution in [0.2, 0.25) is 0 Å². The number of carboxylic acid groups (broad SMARTS) is 1. The predicted molar refractivity (Wildman–Crippen MR) is 203 cm³/mol. The SMILES string of the molecule is CC(C)c1cc(NC(=O)N[C@H]2CC[C@@H](Oc3ccc4nnc(N5[C@H](C)CCC[C@@H]5C)n4c3)c3ccccc32)n(-c2ccn(CCN(C)C)n2)n1.O=CO. The molecule has 2 amide bonds. The number of ether oxygens (including phenoxy) is 1. The van der Waals surface area contributed by atoms with E-state index >= 15 is 0 Å². The number of anilines is 2. The summed E-state index contributed by atoms with van der Waals surface area (Å²) in [6, 6.07) is 16.3. The highest BCUT2D eigenvalue weighted by atomic mass is 16.5. The van der Waals surface area contributed by atoms with Gasteiger partial charge in [-0.1, -0.05) is 38.1 Å². The molecule has 282 valence electrons. The predicted octanol–water partition coefficient (Wildman–Crippen LogP) is 6.04. The molecule has 0 spiro atoms. The molecule has 7 rings (SSSR count). The number of hydrogen-bond acceptors (Lipinski definition) is 9. The highest BCUT2D eigenvalue weighted by molar-refractivity contribution is 5.89. The van der Waals surface area contributed by atoms with Crippen LogP contribution in [-0.2, 0) is 11.3 Å². The number of likely N-dealkylation sites (N-methyl/N-ethyl adjacent to an activating group) is 1. The number of piperidine rings is 1. The molecule has 1 saturated heterocycles. The van der Waals surface area contributed by atoms with Gasteiger partial charge in [-0.05, 0) is 89.2 Å². The minimum atomic E-state index is -0.292. The average Bonchev–Trinajstić information content (AvgIpc) is 3.88. The van der Waals surface area contributed by atoms with Crippen LogP contribution >= 0.6 is 0 Å². The van der Waals surface area contributed by atoms with Crippen LogP contribution in [0.5, 0.6) is 5.75 Å². The number of aromatic nitrogens is 7. The quantitative estimate of drug-likeness (QED) is 0.145. The largest absolute Gasteiger partial charge is 0.484 e. The standard InChI is InChI=1S/C37H49N11O2.CH2O2/c1-24(2)31-22-35(48(42-31)34-18-19-45(43-34)21-20-44(5)6)39-36(49)38-30-15-16-32(29-13-8-7-12-28(29)30)50-27-14-17-33-40-41-37(46(33)23-27)47-25(3)10-9-11-26(47)4;2-1-3/h7-8,12-14,17-19,22-26,30,32H,9-11,15-16,20-21H2,1-6H3,(H2,38,39,49);1H,(H,2,3)/t25-,26+,30-,32+;/m0./s1. The number of pyridine rings is 1. The van der Waals surface area contributed by atoms with Crippen molar-refractivity contribution in [1.29, 1.82) is 0 Å². The Hall–Kier alpha value is -5.44. The van der Waals surface area contributed by atoms with Crippen LogP contribution in [-0.4, -0.2) is 89.4 Å². The maximum absolute atomic E-state index is 13.6. The van der Waals surface area contributed by atoms with Crippen molar-refractivity contribution < 1.29 is 19.4 Å². The minimum absolute atomic E-state index is 0.157. The molecule has 0 unspecified atom stereocenters. The monoisotopic (exact) mass is 725 g/mol. The van der Waals surface area contributed by atoms with Crippen molar-refractivity contribution in [2.75, 3.05) is 30.9 Å². The summed E-state index contributed by atoms with van der Waals surface area (Å²) in [5.74, 6) is 3.05. The first kappa shape index (κ1) is 37.3. The molecule has 5 heterocycles. The first-order valence-electron chi connectivity index (χ1n) is 18.4. The maximum atomic E-state index is 13.6. The Labute approximate surface area is 309 Å². The Morgan fingerprint density at radius 2 is 1.75 bits per heavy atom. The summed E-state index contributed by atoms with van der Waals surface area (Å²) in [4.78, 5) is 26.4. The molecule has 4 atom stereocenters. The van der Waals surface area contributed by atoms with Gasteiger partial charge in [-0.15, -0.1) is 10.2 Å². The molecule has 53 heavy (non-hydrogen) atoms. The van der Waals surface area contributed by atoms with E-state index in [-0.39, 0.29) is 30.6 Å². The third-order valence-corrected chi connectivity index (χ3v) is 9.98. The number of benzene rings is 1. The Balaban J connectivity index is 0.00000155. The number of carbonyl (C=O) groups is 2. The van der Waals surface area contributed by atoms with E-state index in [1.165, 1.54) is 6.42 Å². The number of nitrogens with one attached hydrogen (secondary N) is 2. The molecule has 2 aliphatic rings. The molecule has 0 bridgehead atoms. The van der Waals surface area contributed by atoms with Gasteiger partial charge in [-0.3, -0.25) is 19.2 Å². The van der Waals surface area contributed by atoms with E-state index in [9.17, 15) is 4.79 Å².